The van der Waals surface area contributed by atoms with Gasteiger partial charge in [-0.05, 0) is 69.3 Å². The molecule has 1 aromatic carbocycles. The van der Waals surface area contributed by atoms with E-state index in [1.165, 1.54) is 12.8 Å². The number of halogens is 2. The van der Waals surface area contributed by atoms with Gasteiger partial charge in [-0.25, -0.2) is 0 Å². The molecule has 0 aromatic heterocycles. The fraction of sp³-hybridized carbons (Fsp3) is 0.600. The predicted octanol–water partition coefficient (Wildman–Crippen LogP) is 4.38. The van der Waals surface area contributed by atoms with Crippen molar-refractivity contribution in [2.45, 2.75) is 33.1 Å². The van der Waals surface area contributed by atoms with Crippen molar-refractivity contribution in [3.63, 3.8) is 0 Å². The van der Waals surface area contributed by atoms with Crippen molar-refractivity contribution in [3.8, 4) is 5.75 Å². The highest BCUT2D eigenvalue weighted by molar-refractivity contribution is 6.37. The van der Waals surface area contributed by atoms with Crippen LogP contribution in [0.4, 0.5) is 0 Å². The molecule has 106 valence electrons. The summed E-state index contributed by atoms with van der Waals surface area (Å²) in [5.74, 6) is 1.53. The molecule has 1 fully saturated rings. The summed E-state index contributed by atoms with van der Waals surface area (Å²) in [6, 6.07) is 1.93. The average molecular weight is 302 g/mol. The Balaban J connectivity index is 1.92. The van der Waals surface area contributed by atoms with E-state index in [0.29, 0.717) is 5.02 Å². The van der Waals surface area contributed by atoms with Gasteiger partial charge in [0.1, 0.15) is 5.75 Å². The molecular formula is C15H21Cl2NO. The molecule has 1 aliphatic rings. The van der Waals surface area contributed by atoms with Gasteiger partial charge in [-0.15, -0.1) is 0 Å². The van der Waals surface area contributed by atoms with Gasteiger partial charge in [0.2, 0.25) is 0 Å². The van der Waals surface area contributed by atoms with E-state index in [1.807, 2.05) is 19.9 Å². The van der Waals surface area contributed by atoms with E-state index < -0.39 is 0 Å². The minimum absolute atomic E-state index is 0.640. The number of ether oxygens (including phenoxy) is 1. The van der Waals surface area contributed by atoms with E-state index in [0.717, 1.165) is 53.9 Å². The lowest BCUT2D eigenvalue weighted by molar-refractivity contribution is 0.252. The van der Waals surface area contributed by atoms with Crippen molar-refractivity contribution >= 4 is 23.2 Å². The minimum Gasteiger partial charge on any atom is -0.492 e. The Kier molecular flexibility index (Phi) is 5.37. The molecule has 0 atom stereocenters. The number of rotatable bonds is 4. The van der Waals surface area contributed by atoms with E-state index in [1.54, 1.807) is 0 Å². The maximum absolute atomic E-state index is 6.27. The number of benzene rings is 1. The van der Waals surface area contributed by atoms with Crippen molar-refractivity contribution in [1.82, 2.24) is 5.32 Å². The molecule has 0 spiro atoms. The molecule has 1 N–H and O–H groups in total. The monoisotopic (exact) mass is 301 g/mol. The summed E-state index contributed by atoms with van der Waals surface area (Å²) in [6.07, 6.45) is 3.59. The van der Waals surface area contributed by atoms with Crippen LogP contribution in [-0.4, -0.2) is 19.7 Å². The first-order valence-electron chi connectivity index (χ1n) is 6.88. The van der Waals surface area contributed by atoms with Crippen LogP contribution < -0.4 is 10.1 Å². The first-order valence-corrected chi connectivity index (χ1v) is 7.64. The fourth-order valence-corrected chi connectivity index (χ4v) is 2.91. The maximum atomic E-state index is 6.27. The largest absolute Gasteiger partial charge is 0.492 e. The molecule has 2 nitrogen and oxygen atoms in total. The van der Waals surface area contributed by atoms with Gasteiger partial charge < -0.3 is 10.1 Å². The van der Waals surface area contributed by atoms with Gasteiger partial charge in [0.05, 0.1) is 11.6 Å². The summed E-state index contributed by atoms with van der Waals surface area (Å²) in [5, 5.41) is 4.75. The first kappa shape index (κ1) is 15.0. The number of hydrogen-bond acceptors (Lipinski definition) is 2. The molecule has 2 rings (SSSR count). The van der Waals surface area contributed by atoms with Gasteiger partial charge in [0.25, 0.3) is 0 Å². The first-order chi connectivity index (χ1) is 9.09. The fourth-order valence-electron chi connectivity index (χ4n) is 2.51. The smallest absolute Gasteiger partial charge is 0.138 e. The molecule has 1 aromatic rings. The van der Waals surface area contributed by atoms with Crippen molar-refractivity contribution in [1.29, 1.82) is 0 Å². The lowest BCUT2D eigenvalue weighted by Crippen LogP contribution is -2.28. The van der Waals surface area contributed by atoms with Crippen LogP contribution in [0, 0.1) is 19.8 Å². The molecule has 0 bridgehead atoms. The van der Waals surface area contributed by atoms with E-state index in [2.05, 4.69) is 5.32 Å². The van der Waals surface area contributed by atoms with Gasteiger partial charge >= 0.3 is 0 Å². The van der Waals surface area contributed by atoms with E-state index in [4.69, 9.17) is 27.9 Å². The highest BCUT2D eigenvalue weighted by atomic mass is 35.5. The molecule has 0 radical (unpaired) electrons. The lowest BCUT2D eigenvalue weighted by atomic mass is 9.95. The standard InChI is InChI=1S/C15H21Cl2NO/c1-10-9-13(15(17)11(2)14(10)16)19-8-5-12-3-6-18-7-4-12/h9,12,18H,3-8H2,1-2H3. The van der Waals surface area contributed by atoms with Gasteiger partial charge in [-0.2, -0.15) is 0 Å². The van der Waals surface area contributed by atoms with Gasteiger partial charge in [-0.3, -0.25) is 0 Å². The van der Waals surface area contributed by atoms with Crippen molar-refractivity contribution < 1.29 is 4.74 Å². The van der Waals surface area contributed by atoms with Crippen LogP contribution in [0.5, 0.6) is 5.75 Å². The summed E-state index contributed by atoms with van der Waals surface area (Å²) in [4.78, 5) is 0. The summed E-state index contributed by atoms with van der Waals surface area (Å²) in [6.45, 7) is 6.89. The van der Waals surface area contributed by atoms with E-state index in [9.17, 15) is 0 Å². The topological polar surface area (TPSA) is 21.3 Å². The molecule has 1 aliphatic heterocycles. The van der Waals surface area contributed by atoms with Crippen LogP contribution in [0.15, 0.2) is 6.07 Å². The van der Waals surface area contributed by atoms with Gasteiger partial charge in [0, 0.05) is 5.02 Å². The summed E-state index contributed by atoms with van der Waals surface area (Å²) >= 11 is 12.4. The number of piperidine rings is 1. The average Bonchev–Trinajstić information content (AvgIpc) is 2.43. The van der Waals surface area contributed by atoms with Crippen LogP contribution in [0.3, 0.4) is 0 Å². The zero-order valence-corrected chi connectivity index (χ0v) is 13.1. The molecule has 4 heteroatoms. The molecule has 19 heavy (non-hydrogen) atoms. The van der Waals surface area contributed by atoms with Crippen molar-refractivity contribution in [2.75, 3.05) is 19.7 Å². The minimum atomic E-state index is 0.640. The Morgan fingerprint density at radius 1 is 1.21 bits per heavy atom. The molecule has 0 saturated carbocycles. The SMILES string of the molecule is Cc1cc(OCCC2CCNCC2)c(Cl)c(C)c1Cl. The number of nitrogens with one attached hydrogen (secondary N) is 1. The Morgan fingerprint density at radius 2 is 1.89 bits per heavy atom. The normalized spacial score (nSPS) is 16.6. The second kappa shape index (κ2) is 6.83. The van der Waals surface area contributed by atoms with Crippen LogP contribution in [0.2, 0.25) is 10.0 Å². The summed E-state index contributed by atoms with van der Waals surface area (Å²) in [5.41, 5.74) is 1.92. The van der Waals surface area contributed by atoms with E-state index in [-0.39, 0.29) is 0 Å². The summed E-state index contributed by atoms with van der Waals surface area (Å²) < 4.78 is 5.85. The Labute approximate surface area is 125 Å². The quantitative estimate of drug-likeness (QED) is 0.891. The molecule has 0 unspecified atom stereocenters. The molecule has 1 heterocycles. The van der Waals surface area contributed by atoms with Gasteiger partial charge in [-0.1, -0.05) is 23.2 Å². The number of hydrogen-bond donors (Lipinski definition) is 1. The Morgan fingerprint density at radius 3 is 2.58 bits per heavy atom. The highest BCUT2D eigenvalue weighted by Crippen LogP contribution is 2.35. The lowest BCUT2D eigenvalue weighted by Gasteiger charge is -2.22. The zero-order chi connectivity index (χ0) is 13.8. The maximum Gasteiger partial charge on any atom is 0.138 e. The zero-order valence-electron chi connectivity index (χ0n) is 11.6. The molecular weight excluding hydrogens is 281 g/mol. The van der Waals surface area contributed by atoms with Crippen LogP contribution in [0.1, 0.15) is 30.4 Å². The summed E-state index contributed by atoms with van der Waals surface area (Å²) in [7, 11) is 0. The van der Waals surface area contributed by atoms with Crippen LogP contribution >= 0.6 is 23.2 Å². The number of aryl methyl sites for hydroxylation is 1. The second-order valence-electron chi connectivity index (χ2n) is 5.28. The predicted molar refractivity (Wildman–Crippen MR) is 81.6 cm³/mol. The van der Waals surface area contributed by atoms with Crippen molar-refractivity contribution in [2.24, 2.45) is 5.92 Å². The third-order valence-electron chi connectivity index (χ3n) is 3.81. The Bertz CT molecular complexity index is 442. The van der Waals surface area contributed by atoms with Crippen molar-refractivity contribution in [3.05, 3.63) is 27.2 Å². The van der Waals surface area contributed by atoms with Crippen LogP contribution in [-0.2, 0) is 0 Å². The third kappa shape index (κ3) is 3.77. The molecule has 0 amide bonds. The Hall–Kier alpha value is -0.440. The highest BCUT2D eigenvalue weighted by Gasteiger charge is 2.14. The molecule has 0 aliphatic carbocycles. The van der Waals surface area contributed by atoms with Crippen LogP contribution in [0.25, 0.3) is 0 Å². The van der Waals surface area contributed by atoms with Gasteiger partial charge in [0.15, 0.2) is 0 Å². The third-order valence-corrected chi connectivity index (χ3v) is 4.86. The van der Waals surface area contributed by atoms with E-state index >= 15 is 0 Å². The second-order valence-corrected chi connectivity index (χ2v) is 6.03. The molecule has 1 saturated heterocycles.